The SMILES string of the molecule is CSCCCC(CN)N1CCN(c2ccc(F)cc2)CC1. The Morgan fingerprint density at radius 2 is 1.86 bits per heavy atom. The van der Waals surface area contributed by atoms with Gasteiger partial charge in [0.1, 0.15) is 5.82 Å². The molecule has 2 N–H and O–H groups in total. The highest BCUT2D eigenvalue weighted by Gasteiger charge is 2.22. The number of anilines is 1. The van der Waals surface area contributed by atoms with E-state index in [4.69, 9.17) is 5.73 Å². The van der Waals surface area contributed by atoms with E-state index in [2.05, 4.69) is 16.1 Å². The molecule has 0 aromatic heterocycles. The average molecular weight is 311 g/mol. The molecular formula is C16H26FN3S. The fraction of sp³-hybridized carbons (Fsp3) is 0.625. The number of benzene rings is 1. The van der Waals surface area contributed by atoms with Crippen LogP contribution < -0.4 is 10.6 Å². The second kappa shape index (κ2) is 8.61. The molecule has 1 saturated heterocycles. The van der Waals surface area contributed by atoms with E-state index >= 15 is 0 Å². The van der Waals surface area contributed by atoms with Crippen molar-refractivity contribution in [3.05, 3.63) is 30.1 Å². The normalized spacial score (nSPS) is 18.0. The average Bonchev–Trinajstić information content (AvgIpc) is 2.53. The first-order chi connectivity index (χ1) is 10.2. The third-order valence-corrected chi connectivity index (χ3v) is 4.88. The van der Waals surface area contributed by atoms with Crippen molar-refractivity contribution >= 4 is 17.4 Å². The summed E-state index contributed by atoms with van der Waals surface area (Å²) in [4.78, 5) is 4.84. The Balaban J connectivity index is 1.82. The van der Waals surface area contributed by atoms with Crippen LogP contribution in [0.15, 0.2) is 24.3 Å². The number of hydrogen-bond acceptors (Lipinski definition) is 4. The maximum Gasteiger partial charge on any atom is 0.123 e. The molecule has 0 aliphatic carbocycles. The van der Waals surface area contributed by atoms with E-state index < -0.39 is 0 Å². The molecular weight excluding hydrogens is 285 g/mol. The van der Waals surface area contributed by atoms with Crippen LogP contribution in [0.2, 0.25) is 0 Å². The van der Waals surface area contributed by atoms with Crippen molar-refractivity contribution in [3.8, 4) is 0 Å². The smallest absolute Gasteiger partial charge is 0.123 e. The van der Waals surface area contributed by atoms with E-state index in [0.29, 0.717) is 6.04 Å². The standard InChI is InChI=1S/C16H26FN3S/c1-21-12-2-3-16(13-18)20-10-8-19(9-11-20)15-6-4-14(17)5-7-15/h4-7,16H,2-3,8-13,18H2,1H3. The van der Waals surface area contributed by atoms with Gasteiger partial charge in [-0.2, -0.15) is 11.8 Å². The zero-order valence-corrected chi connectivity index (χ0v) is 13.6. The molecule has 5 heteroatoms. The molecule has 2 rings (SSSR count). The summed E-state index contributed by atoms with van der Waals surface area (Å²) in [6.45, 7) is 4.80. The number of hydrogen-bond donors (Lipinski definition) is 1. The summed E-state index contributed by atoms with van der Waals surface area (Å²) in [5, 5.41) is 0. The van der Waals surface area contributed by atoms with Crippen molar-refractivity contribution in [2.45, 2.75) is 18.9 Å². The Bertz CT molecular complexity index is 404. The molecule has 3 nitrogen and oxygen atoms in total. The van der Waals surface area contributed by atoms with Crippen molar-refractivity contribution in [2.75, 3.05) is 49.6 Å². The Morgan fingerprint density at radius 1 is 1.19 bits per heavy atom. The first kappa shape index (κ1) is 16.6. The van der Waals surface area contributed by atoms with Crippen LogP contribution in [0.1, 0.15) is 12.8 Å². The highest BCUT2D eigenvalue weighted by atomic mass is 32.2. The van der Waals surface area contributed by atoms with Gasteiger partial charge in [-0.05, 0) is 49.1 Å². The lowest BCUT2D eigenvalue weighted by molar-refractivity contribution is 0.180. The first-order valence-electron chi connectivity index (χ1n) is 7.68. The summed E-state index contributed by atoms with van der Waals surface area (Å²) in [5.41, 5.74) is 7.06. The Hall–Kier alpha value is -0.780. The molecule has 1 aliphatic heterocycles. The molecule has 21 heavy (non-hydrogen) atoms. The molecule has 0 bridgehead atoms. The second-order valence-electron chi connectivity index (χ2n) is 5.52. The molecule has 0 spiro atoms. The number of halogens is 1. The highest BCUT2D eigenvalue weighted by Crippen LogP contribution is 2.19. The summed E-state index contributed by atoms with van der Waals surface area (Å²) >= 11 is 1.90. The van der Waals surface area contributed by atoms with Crippen LogP contribution in [0, 0.1) is 5.82 Å². The number of rotatable bonds is 7. The minimum Gasteiger partial charge on any atom is -0.369 e. The number of piperazine rings is 1. The van der Waals surface area contributed by atoms with Gasteiger partial charge in [-0.1, -0.05) is 0 Å². The summed E-state index contributed by atoms with van der Waals surface area (Å²) in [6.07, 6.45) is 4.58. The molecule has 1 atom stereocenters. The summed E-state index contributed by atoms with van der Waals surface area (Å²) in [6, 6.07) is 7.31. The molecule has 1 fully saturated rings. The largest absolute Gasteiger partial charge is 0.369 e. The number of nitrogens with zero attached hydrogens (tertiary/aromatic N) is 2. The van der Waals surface area contributed by atoms with Gasteiger partial charge >= 0.3 is 0 Å². The Morgan fingerprint density at radius 3 is 2.43 bits per heavy atom. The van der Waals surface area contributed by atoms with Gasteiger partial charge in [0.25, 0.3) is 0 Å². The van der Waals surface area contributed by atoms with Crippen molar-refractivity contribution in [1.29, 1.82) is 0 Å². The van der Waals surface area contributed by atoms with Crippen molar-refractivity contribution < 1.29 is 4.39 Å². The predicted octanol–water partition coefficient (Wildman–Crippen LogP) is 2.42. The molecule has 1 aliphatic rings. The molecule has 0 radical (unpaired) electrons. The Kier molecular flexibility index (Phi) is 6.80. The van der Waals surface area contributed by atoms with Crippen LogP contribution in [-0.2, 0) is 0 Å². The zero-order chi connectivity index (χ0) is 15.1. The Labute approximate surface area is 131 Å². The first-order valence-corrected chi connectivity index (χ1v) is 9.07. The van der Waals surface area contributed by atoms with Crippen LogP contribution >= 0.6 is 11.8 Å². The van der Waals surface area contributed by atoms with Crippen LogP contribution in [-0.4, -0.2) is 55.7 Å². The van der Waals surface area contributed by atoms with Gasteiger partial charge in [-0.25, -0.2) is 4.39 Å². The van der Waals surface area contributed by atoms with E-state index in [1.54, 1.807) is 0 Å². The number of thioether (sulfide) groups is 1. The minimum atomic E-state index is -0.172. The lowest BCUT2D eigenvalue weighted by Gasteiger charge is -2.40. The zero-order valence-electron chi connectivity index (χ0n) is 12.8. The maximum absolute atomic E-state index is 13.0. The molecule has 0 saturated carbocycles. The lowest BCUT2D eigenvalue weighted by atomic mass is 10.1. The third kappa shape index (κ3) is 4.87. The van der Waals surface area contributed by atoms with Gasteiger partial charge in [0.2, 0.25) is 0 Å². The van der Waals surface area contributed by atoms with E-state index in [9.17, 15) is 4.39 Å². The fourth-order valence-electron chi connectivity index (χ4n) is 2.91. The van der Waals surface area contributed by atoms with Crippen LogP contribution in [0.25, 0.3) is 0 Å². The van der Waals surface area contributed by atoms with Gasteiger partial charge in [-0.15, -0.1) is 0 Å². The molecule has 1 aromatic rings. The van der Waals surface area contributed by atoms with E-state index in [0.717, 1.165) is 38.4 Å². The van der Waals surface area contributed by atoms with Crippen LogP contribution in [0.5, 0.6) is 0 Å². The molecule has 1 unspecified atom stereocenters. The van der Waals surface area contributed by atoms with Crippen LogP contribution in [0.4, 0.5) is 10.1 Å². The quantitative estimate of drug-likeness (QED) is 0.784. The summed E-state index contributed by atoms with van der Waals surface area (Å²) < 4.78 is 13.0. The van der Waals surface area contributed by atoms with E-state index in [1.165, 1.54) is 30.7 Å². The van der Waals surface area contributed by atoms with Gasteiger partial charge < -0.3 is 10.6 Å². The van der Waals surface area contributed by atoms with Crippen molar-refractivity contribution in [2.24, 2.45) is 5.73 Å². The number of nitrogens with two attached hydrogens (primary N) is 1. The van der Waals surface area contributed by atoms with E-state index in [1.807, 2.05) is 23.9 Å². The molecule has 1 aromatic carbocycles. The molecule has 0 amide bonds. The third-order valence-electron chi connectivity index (χ3n) is 4.18. The minimum absolute atomic E-state index is 0.172. The topological polar surface area (TPSA) is 32.5 Å². The summed E-state index contributed by atoms with van der Waals surface area (Å²) in [5.74, 6) is 1.04. The second-order valence-corrected chi connectivity index (χ2v) is 6.51. The van der Waals surface area contributed by atoms with Crippen LogP contribution in [0.3, 0.4) is 0 Å². The fourth-order valence-corrected chi connectivity index (χ4v) is 3.37. The molecule has 118 valence electrons. The van der Waals surface area contributed by atoms with E-state index in [-0.39, 0.29) is 5.82 Å². The monoisotopic (exact) mass is 311 g/mol. The highest BCUT2D eigenvalue weighted by molar-refractivity contribution is 7.98. The predicted molar refractivity (Wildman–Crippen MR) is 90.6 cm³/mol. The van der Waals surface area contributed by atoms with Gasteiger partial charge in [0.05, 0.1) is 0 Å². The maximum atomic E-state index is 13.0. The van der Waals surface area contributed by atoms with Gasteiger partial charge in [-0.3, -0.25) is 4.90 Å². The van der Waals surface area contributed by atoms with Gasteiger partial charge in [0, 0.05) is 44.5 Å². The molecule has 1 heterocycles. The summed E-state index contributed by atoms with van der Waals surface area (Å²) in [7, 11) is 0. The lowest BCUT2D eigenvalue weighted by Crippen LogP contribution is -2.52. The van der Waals surface area contributed by atoms with Crippen molar-refractivity contribution in [1.82, 2.24) is 4.90 Å². The van der Waals surface area contributed by atoms with Crippen molar-refractivity contribution in [3.63, 3.8) is 0 Å². The van der Waals surface area contributed by atoms with Gasteiger partial charge in [0.15, 0.2) is 0 Å².